The van der Waals surface area contributed by atoms with E-state index in [1.54, 1.807) is 0 Å². The molecule has 0 aliphatic heterocycles. The van der Waals surface area contributed by atoms with E-state index in [9.17, 15) is 24.3 Å². The van der Waals surface area contributed by atoms with Crippen molar-refractivity contribution in [2.45, 2.75) is 329 Å². The Kier molecular flexibility index (Phi) is 53.6. The first-order valence-corrected chi connectivity index (χ1v) is 33.8. The van der Waals surface area contributed by atoms with Gasteiger partial charge in [-0.1, -0.05) is 285 Å². The van der Waals surface area contributed by atoms with Crippen molar-refractivity contribution in [3.05, 3.63) is 40.9 Å². The summed E-state index contributed by atoms with van der Waals surface area (Å²) in [7, 11) is 0. The largest absolute Gasteiger partial charge is 0.390 e. The van der Waals surface area contributed by atoms with Crippen LogP contribution in [0.15, 0.2) is 19.2 Å². The van der Waals surface area contributed by atoms with E-state index in [1.165, 1.54) is 238 Å². The summed E-state index contributed by atoms with van der Waals surface area (Å²) in [6.07, 6.45) is 57.1. The molecule has 0 fully saturated rings. The fourth-order valence-electron chi connectivity index (χ4n) is 11.4. The molecule has 1 atom stereocenters. The van der Waals surface area contributed by atoms with E-state index in [2.05, 4.69) is 53.4 Å². The highest BCUT2D eigenvalue weighted by Crippen LogP contribution is 2.24. The summed E-state index contributed by atoms with van der Waals surface area (Å²) in [6.45, 7) is 14.4. The summed E-state index contributed by atoms with van der Waals surface area (Å²) >= 11 is 0. The number of nitrogens with one attached hydrogen (secondary N) is 3. The van der Waals surface area contributed by atoms with E-state index in [0.29, 0.717) is 35.8 Å². The van der Waals surface area contributed by atoms with Crippen LogP contribution < -0.4 is 42.6 Å². The Morgan fingerprint density at radius 2 is 0.570 bits per heavy atom. The number of unbranched alkanes of at least 4 members (excludes halogenated alkanes) is 41. The molecule has 2 rings (SSSR count). The maximum Gasteiger partial charge on any atom is 0.253 e. The lowest BCUT2D eigenvalue weighted by Crippen LogP contribution is -2.44. The monoisotopic (exact) mass is 1150 g/mol. The summed E-state index contributed by atoms with van der Waals surface area (Å²) in [5.41, 5.74) is 0.181. The van der Waals surface area contributed by atoms with E-state index < -0.39 is 17.0 Å². The molecular formula is C67H127Cl2N5O5. The molecule has 464 valence electrons. The fraction of sp³-hybridized carbons (Fsp3) is 0.881. The molecule has 0 spiro atoms. The van der Waals surface area contributed by atoms with Crippen LogP contribution in [0.4, 0.5) is 22.7 Å². The fourth-order valence-corrected chi connectivity index (χ4v) is 11.4. The molecule has 0 saturated heterocycles. The van der Waals surface area contributed by atoms with Gasteiger partial charge in [-0.3, -0.25) is 19.2 Å². The molecule has 0 amide bonds. The molecule has 0 aliphatic carbocycles. The summed E-state index contributed by atoms with van der Waals surface area (Å²) in [5, 5.41) is 21.2. The Hall–Kier alpha value is -2.14. The average Bonchev–Trinajstić information content (AvgIpc) is 3.47. The maximum atomic E-state index is 13.3. The SMILES string of the molecule is CCCCCCCCCCCCCCN(CCCCN(CCCCCCCCCCCCCC)c1c(NCCCCCCCCCCCC)c(=O)c1=O)CC(O)CNc1c(NCCCCCCCCCCCC)c(=O)c1=O.Cl.Cl. The summed E-state index contributed by atoms with van der Waals surface area (Å²) < 4.78 is 0. The van der Waals surface area contributed by atoms with Gasteiger partial charge in [0.2, 0.25) is 0 Å². The third-order valence-electron chi connectivity index (χ3n) is 16.5. The first-order valence-electron chi connectivity index (χ1n) is 33.8. The topological polar surface area (TPSA) is 131 Å². The quantitative estimate of drug-likeness (QED) is 0.0375. The van der Waals surface area contributed by atoms with Crippen LogP contribution in [-0.4, -0.2) is 68.5 Å². The maximum absolute atomic E-state index is 13.3. The van der Waals surface area contributed by atoms with Crippen LogP contribution in [0, 0.1) is 0 Å². The minimum Gasteiger partial charge on any atom is -0.390 e. The second kappa shape index (κ2) is 55.1. The molecular weight excluding hydrogens is 1030 g/mol. The zero-order chi connectivity index (χ0) is 55.7. The van der Waals surface area contributed by atoms with Crippen LogP contribution in [0.2, 0.25) is 0 Å². The van der Waals surface area contributed by atoms with Crippen molar-refractivity contribution >= 4 is 47.6 Å². The van der Waals surface area contributed by atoms with Crippen LogP contribution >= 0.6 is 24.8 Å². The van der Waals surface area contributed by atoms with Crippen LogP contribution in [0.1, 0.15) is 323 Å². The molecule has 0 radical (unpaired) electrons. The second-order valence-electron chi connectivity index (χ2n) is 23.8. The smallest absolute Gasteiger partial charge is 0.253 e. The molecule has 0 aromatic heterocycles. The van der Waals surface area contributed by atoms with Gasteiger partial charge in [-0.25, -0.2) is 0 Å². The molecule has 2 aromatic rings. The molecule has 0 bridgehead atoms. The van der Waals surface area contributed by atoms with Crippen molar-refractivity contribution in [2.24, 2.45) is 0 Å². The molecule has 2 aromatic carbocycles. The Morgan fingerprint density at radius 1 is 0.316 bits per heavy atom. The van der Waals surface area contributed by atoms with Crippen molar-refractivity contribution in [3.63, 3.8) is 0 Å². The number of rotatable bonds is 61. The van der Waals surface area contributed by atoms with Crippen molar-refractivity contribution in [1.82, 2.24) is 4.90 Å². The van der Waals surface area contributed by atoms with Gasteiger partial charge in [0.05, 0.1) is 6.10 Å². The Labute approximate surface area is 498 Å². The standard InChI is InChI=1S/C67H125N5O5.2ClH/c1-5-9-13-17-21-25-29-31-35-39-43-47-53-71(58-59(73)57-70-61-60(64(74)65(61)75)68-51-45-41-37-33-27-23-19-15-11-7-3)54-49-50-56-72(55-48-44-40-36-32-30-26-22-18-14-10-6-2)63-62(66(76)67(63)77)69-52-46-42-38-34-28-24-20-16-12-8-4;;/h59,68-70,73H,5-58H2,1-4H3;2*1H. The Balaban J connectivity index is 0.0000304. The van der Waals surface area contributed by atoms with Gasteiger partial charge in [0.15, 0.2) is 0 Å². The van der Waals surface area contributed by atoms with Crippen LogP contribution in [0.25, 0.3) is 0 Å². The van der Waals surface area contributed by atoms with Crippen molar-refractivity contribution in [1.29, 1.82) is 0 Å². The number of aliphatic hydroxyl groups is 1. The van der Waals surface area contributed by atoms with Crippen molar-refractivity contribution in [3.8, 4) is 0 Å². The van der Waals surface area contributed by atoms with E-state index in [4.69, 9.17) is 0 Å². The van der Waals surface area contributed by atoms with Crippen LogP contribution in [0.3, 0.4) is 0 Å². The van der Waals surface area contributed by atoms with Crippen LogP contribution in [0.5, 0.6) is 0 Å². The third kappa shape index (κ3) is 38.4. The summed E-state index contributed by atoms with van der Waals surface area (Å²) in [6, 6.07) is 0. The molecule has 12 heteroatoms. The third-order valence-corrected chi connectivity index (χ3v) is 16.5. The van der Waals surface area contributed by atoms with Gasteiger partial charge >= 0.3 is 0 Å². The molecule has 79 heavy (non-hydrogen) atoms. The first kappa shape index (κ1) is 76.9. The number of anilines is 4. The van der Waals surface area contributed by atoms with Gasteiger partial charge < -0.3 is 30.9 Å². The lowest BCUT2D eigenvalue weighted by molar-refractivity contribution is 0.119. The molecule has 4 N–H and O–H groups in total. The van der Waals surface area contributed by atoms with Crippen molar-refractivity contribution in [2.75, 3.05) is 73.2 Å². The highest BCUT2D eigenvalue weighted by Gasteiger charge is 2.26. The zero-order valence-electron chi connectivity index (χ0n) is 52.1. The zero-order valence-corrected chi connectivity index (χ0v) is 53.7. The van der Waals surface area contributed by atoms with Crippen molar-refractivity contribution < 1.29 is 5.11 Å². The highest BCUT2D eigenvalue weighted by atomic mass is 35.5. The molecule has 1 unspecified atom stereocenters. The predicted octanol–water partition coefficient (Wildman–Crippen LogP) is 18.2. The number of nitrogens with zero attached hydrogens (tertiary/aromatic N) is 2. The van der Waals surface area contributed by atoms with Crippen LogP contribution in [-0.2, 0) is 0 Å². The second-order valence-corrected chi connectivity index (χ2v) is 23.8. The Bertz CT molecular complexity index is 1780. The van der Waals surface area contributed by atoms with Gasteiger partial charge in [-0.2, -0.15) is 0 Å². The van der Waals surface area contributed by atoms with Gasteiger partial charge in [0.25, 0.3) is 21.7 Å². The number of hydrogen-bond acceptors (Lipinski definition) is 10. The molecule has 0 saturated carbocycles. The van der Waals surface area contributed by atoms with E-state index in [-0.39, 0.29) is 42.2 Å². The van der Waals surface area contributed by atoms with Gasteiger partial charge in [-0.15, -0.1) is 24.8 Å². The molecule has 0 aliphatic rings. The van der Waals surface area contributed by atoms with E-state index in [1.807, 2.05) is 0 Å². The summed E-state index contributed by atoms with van der Waals surface area (Å²) in [4.78, 5) is 56.3. The Morgan fingerprint density at radius 3 is 0.924 bits per heavy atom. The number of halogens is 2. The van der Waals surface area contributed by atoms with Gasteiger partial charge in [0.1, 0.15) is 22.7 Å². The van der Waals surface area contributed by atoms with E-state index >= 15 is 0 Å². The summed E-state index contributed by atoms with van der Waals surface area (Å²) in [5.74, 6) is 0. The molecule has 10 nitrogen and oxygen atoms in total. The van der Waals surface area contributed by atoms with Gasteiger partial charge in [-0.05, 0) is 51.6 Å². The minimum absolute atomic E-state index is 0. The first-order chi connectivity index (χ1) is 37.8. The minimum atomic E-state index is -0.707. The number of hydrogen-bond donors (Lipinski definition) is 4. The van der Waals surface area contributed by atoms with E-state index in [0.717, 1.165) is 90.5 Å². The predicted molar refractivity (Wildman–Crippen MR) is 352 cm³/mol. The number of aliphatic hydroxyl groups excluding tert-OH is 1. The highest BCUT2D eigenvalue weighted by molar-refractivity contribution is 5.85. The lowest BCUT2D eigenvalue weighted by atomic mass is 10.0. The van der Waals surface area contributed by atoms with Gasteiger partial charge in [0, 0.05) is 39.3 Å². The molecule has 0 heterocycles. The lowest BCUT2D eigenvalue weighted by Gasteiger charge is -2.29. The normalized spacial score (nSPS) is 11.9. The average molecular weight is 1150 g/mol.